The summed E-state index contributed by atoms with van der Waals surface area (Å²) in [6.07, 6.45) is -3.18. The number of aliphatic hydroxyl groups excluding tert-OH is 1. The summed E-state index contributed by atoms with van der Waals surface area (Å²) >= 11 is 0. The van der Waals surface area contributed by atoms with Gasteiger partial charge in [-0.05, 0) is 52.1 Å². The fraction of sp³-hybridized carbons (Fsp3) is 0.414. The number of carbonyl (C=O) groups is 1. The van der Waals surface area contributed by atoms with Crippen molar-refractivity contribution in [1.29, 1.82) is 0 Å². The highest BCUT2D eigenvalue weighted by Crippen LogP contribution is 2.51. The van der Waals surface area contributed by atoms with Crippen LogP contribution in [0.25, 0.3) is 21.8 Å². The second-order valence-corrected chi connectivity index (χ2v) is 12.6. The van der Waals surface area contributed by atoms with E-state index >= 15 is 4.39 Å². The summed E-state index contributed by atoms with van der Waals surface area (Å²) in [5.74, 6) is -0.246. The molecule has 1 fully saturated rings. The molecular weight excluding hydrogens is 580 g/mol. The van der Waals surface area contributed by atoms with E-state index in [1.807, 2.05) is 18.2 Å². The molecule has 2 aromatic carbocycles. The van der Waals surface area contributed by atoms with E-state index in [0.29, 0.717) is 16.4 Å². The van der Waals surface area contributed by atoms with Gasteiger partial charge in [0.2, 0.25) is 0 Å². The second kappa shape index (κ2) is 11.8. The van der Waals surface area contributed by atoms with Gasteiger partial charge in [0.25, 0.3) is 0 Å². The molecule has 0 bridgehead atoms. The van der Waals surface area contributed by atoms with Crippen molar-refractivity contribution in [3.63, 3.8) is 0 Å². The molecule has 1 saturated heterocycles. The normalized spacial score (nSPS) is 25.1. The lowest BCUT2D eigenvalue weighted by molar-refractivity contribution is -0.149. The number of aromatic nitrogens is 3. The zero-order valence-corrected chi connectivity index (χ0v) is 25.3. The van der Waals surface area contributed by atoms with Crippen molar-refractivity contribution >= 4 is 41.3 Å². The van der Waals surface area contributed by atoms with Crippen molar-refractivity contribution in [3.05, 3.63) is 61.1 Å². The Morgan fingerprint density at radius 1 is 1.14 bits per heavy atom. The third kappa shape index (κ3) is 6.09. The standard InChI is InChI=1S/C29H35FN5O7P/c1-16(2)39-27(37)17(3)34-43(38,42-22-12-8-10-19-9-6-7-11-20(19)22)41-18(4)23-24(36)29(5,30)28(40-23)35-14-13-21-25(31)32-15-33-26(21)35/h6-18,23-24,28,36H,1-5H3,(H,34,38)(H2,31,32,33)/t17-,18?,23+,24+,28+,29+,43?/m0/s1. The van der Waals surface area contributed by atoms with Gasteiger partial charge in [-0.25, -0.2) is 18.9 Å². The molecule has 14 heteroatoms. The van der Waals surface area contributed by atoms with Gasteiger partial charge < -0.3 is 29.4 Å². The zero-order chi connectivity index (χ0) is 31.1. The van der Waals surface area contributed by atoms with Gasteiger partial charge in [-0.1, -0.05) is 36.4 Å². The maximum Gasteiger partial charge on any atom is 0.459 e. The van der Waals surface area contributed by atoms with Crippen LogP contribution in [0.15, 0.2) is 61.1 Å². The SMILES string of the molecule is CC(C)OC(=O)[C@H](C)NP(=O)(Oc1cccc2ccccc12)OC(C)[C@H]1O[C@@H](n2ccc3c(N)ncnc32)[C@](C)(F)[C@@H]1O. The van der Waals surface area contributed by atoms with E-state index in [-0.39, 0.29) is 11.6 Å². The first-order chi connectivity index (χ1) is 20.3. The summed E-state index contributed by atoms with van der Waals surface area (Å²) in [7, 11) is -4.41. The smallest absolute Gasteiger partial charge is 0.459 e. The van der Waals surface area contributed by atoms with Crippen LogP contribution in [0.5, 0.6) is 5.75 Å². The number of nitrogen functional groups attached to an aromatic ring is 1. The van der Waals surface area contributed by atoms with Crippen molar-refractivity contribution in [2.45, 2.75) is 77.0 Å². The summed E-state index contributed by atoms with van der Waals surface area (Å²) in [6, 6.07) is 13.0. The highest BCUT2D eigenvalue weighted by Gasteiger charge is 2.57. The zero-order valence-electron chi connectivity index (χ0n) is 24.4. The molecular formula is C29H35FN5O7P. The topological polar surface area (TPSA) is 160 Å². The fourth-order valence-corrected chi connectivity index (χ4v) is 6.81. The summed E-state index contributed by atoms with van der Waals surface area (Å²) in [5, 5.41) is 15.7. The number of nitrogens with zero attached hydrogens (tertiary/aromatic N) is 3. The molecule has 0 aliphatic carbocycles. The van der Waals surface area contributed by atoms with E-state index in [9.17, 15) is 14.5 Å². The van der Waals surface area contributed by atoms with Crippen molar-refractivity contribution < 1.29 is 37.4 Å². The van der Waals surface area contributed by atoms with E-state index < -0.39 is 56.1 Å². The molecule has 4 N–H and O–H groups in total. The monoisotopic (exact) mass is 615 g/mol. The van der Waals surface area contributed by atoms with Gasteiger partial charge >= 0.3 is 13.7 Å². The predicted octanol–water partition coefficient (Wildman–Crippen LogP) is 4.68. The molecule has 230 valence electrons. The molecule has 1 aliphatic rings. The summed E-state index contributed by atoms with van der Waals surface area (Å²) in [5.41, 5.74) is 3.93. The Balaban J connectivity index is 1.44. The number of carbonyl (C=O) groups excluding carboxylic acids is 1. The molecule has 1 aliphatic heterocycles. The first-order valence-corrected chi connectivity index (χ1v) is 15.4. The number of benzene rings is 2. The molecule has 43 heavy (non-hydrogen) atoms. The molecule has 0 saturated carbocycles. The lowest BCUT2D eigenvalue weighted by Gasteiger charge is -2.29. The van der Waals surface area contributed by atoms with Crippen LogP contribution in [0.2, 0.25) is 0 Å². The number of esters is 1. The maximum atomic E-state index is 16.2. The Labute approximate surface area is 247 Å². The van der Waals surface area contributed by atoms with E-state index in [1.165, 1.54) is 37.9 Å². The lowest BCUT2D eigenvalue weighted by atomic mass is 9.96. The number of halogens is 1. The van der Waals surface area contributed by atoms with Crippen LogP contribution in [0, 0.1) is 0 Å². The van der Waals surface area contributed by atoms with Crippen LogP contribution in [0.1, 0.15) is 40.8 Å². The average molecular weight is 616 g/mol. The molecule has 4 aromatic rings. The van der Waals surface area contributed by atoms with Gasteiger partial charge in [-0.2, -0.15) is 5.09 Å². The molecule has 2 aromatic heterocycles. The largest absolute Gasteiger partial charge is 0.462 e. The van der Waals surface area contributed by atoms with Crippen molar-refractivity contribution in [2.24, 2.45) is 0 Å². The van der Waals surface area contributed by atoms with E-state index in [4.69, 9.17) is 24.3 Å². The Hall–Kier alpha value is -3.61. The number of ether oxygens (including phenoxy) is 2. The molecule has 0 spiro atoms. The van der Waals surface area contributed by atoms with Crippen molar-refractivity contribution in [3.8, 4) is 5.75 Å². The third-order valence-electron chi connectivity index (χ3n) is 7.24. The number of hydrogen-bond acceptors (Lipinski definition) is 10. The van der Waals surface area contributed by atoms with Crippen LogP contribution >= 0.6 is 7.75 Å². The Bertz CT molecular complexity index is 1680. The van der Waals surface area contributed by atoms with Crippen molar-refractivity contribution in [1.82, 2.24) is 19.6 Å². The molecule has 2 unspecified atom stereocenters. The van der Waals surface area contributed by atoms with Crippen LogP contribution in [-0.4, -0.2) is 61.7 Å². The number of anilines is 1. The van der Waals surface area contributed by atoms with E-state index in [1.54, 1.807) is 44.2 Å². The second-order valence-electron chi connectivity index (χ2n) is 11.0. The Morgan fingerprint density at radius 3 is 2.60 bits per heavy atom. The highest BCUT2D eigenvalue weighted by molar-refractivity contribution is 7.52. The first-order valence-electron chi connectivity index (χ1n) is 13.8. The lowest BCUT2D eigenvalue weighted by Crippen LogP contribution is -2.44. The quantitative estimate of drug-likeness (QED) is 0.168. The molecule has 0 amide bonds. The fourth-order valence-electron chi connectivity index (χ4n) is 5.09. The minimum absolute atomic E-state index is 0.207. The number of nitrogens with one attached hydrogen (secondary N) is 1. The van der Waals surface area contributed by atoms with Gasteiger partial charge in [0.1, 0.15) is 41.8 Å². The minimum atomic E-state index is -4.41. The first kappa shape index (κ1) is 30.8. The number of fused-ring (bicyclic) bond motifs is 2. The van der Waals surface area contributed by atoms with Crippen LogP contribution in [0.4, 0.5) is 10.2 Å². The molecule has 12 nitrogen and oxygen atoms in total. The van der Waals surface area contributed by atoms with Crippen LogP contribution in [0.3, 0.4) is 0 Å². The maximum absolute atomic E-state index is 16.2. The number of alkyl halides is 1. The number of rotatable bonds is 10. The summed E-state index contributed by atoms with van der Waals surface area (Å²) in [4.78, 5) is 20.8. The Morgan fingerprint density at radius 2 is 1.86 bits per heavy atom. The molecule has 3 heterocycles. The summed E-state index contributed by atoms with van der Waals surface area (Å²) < 4.78 is 55.1. The van der Waals surface area contributed by atoms with Gasteiger partial charge in [-0.3, -0.25) is 9.32 Å². The molecule has 7 atom stereocenters. The van der Waals surface area contributed by atoms with E-state index in [0.717, 1.165) is 5.39 Å². The minimum Gasteiger partial charge on any atom is -0.462 e. The Kier molecular flexibility index (Phi) is 8.47. The van der Waals surface area contributed by atoms with Gasteiger partial charge in [0, 0.05) is 11.6 Å². The molecule has 0 radical (unpaired) electrons. The number of hydrogen-bond donors (Lipinski definition) is 3. The van der Waals surface area contributed by atoms with Gasteiger partial charge in [0.15, 0.2) is 11.9 Å². The summed E-state index contributed by atoms with van der Waals surface area (Å²) in [6.45, 7) is 7.50. The van der Waals surface area contributed by atoms with Gasteiger partial charge in [0.05, 0.1) is 17.6 Å². The van der Waals surface area contributed by atoms with Gasteiger partial charge in [-0.15, -0.1) is 0 Å². The van der Waals surface area contributed by atoms with E-state index in [2.05, 4.69) is 15.1 Å². The van der Waals surface area contributed by atoms with Crippen LogP contribution < -0.4 is 15.3 Å². The van der Waals surface area contributed by atoms with Crippen LogP contribution in [-0.2, 0) is 23.4 Å². The molecule has 5 rings (SSSR count). The number of nitrogens with two attached hydrogens (primary N) is 1. The predicted molar refractivity (Wildman–Crippen MR) is 158 cm³/mol. The average Bonchev–Trinajstić information content (AvgIpc) is 3.47. The van der Waals surface area contributed by atoms with Crippen molar-refractivity contribution in [2.75, 3.05) is 5.73 Å². The third-order valence-corrected chi connectivity index (χ3v) is 8.99. The highest BCUT2D eigenvalue weighted by atomic mass is 31.2. The number of aliphatic hydroxyl groups is 1.